The fourth-order valence-corrected chi connectivity index (χ4v) is 1.88. The zero-order chi connectivity index (χ0) is 14.6. The van der Waals surface area contributed by atoms with E-state index in [1.54, 1.807) is 0 Å². The first kappa shape index (κ1) is 15.6. The van der Waals surface area contributed by atoms with Gasteiger partial charge in [0, 0.05) is 16.5 Å². The molecular formula is C10H6BrF5N2O. The minimum Gasteiger partial charge on any atom is -0.404 e. The minimum absolute atomic E-state index is 0.0720. The molecule has 19 heavy (non-hydrogen) atoms. The molecule has 0 bridgehead atoms. The fourth-order valence-electron chi connectivity index (χ4n) is 1.43. The van der Waals surface area contributed by atoms with Gasteiger partial charge in [0.1, 0.15) is 0 Å². The Morgan fingerprint density at radius 3 is 2.47 bits per heavy atom. The summed E-state index contributed by atoms with van der Waals surface area (Å²) in [6.07, 6.45) is -8.04. The summed E-state index contributed by atoms with van der Waals surface area (Å²) in [5.41, 5.74) is -1.34. The molecule has 0 saturated carbocycles. The van der Waals surface area contributed by atoms with Crippen LogP contribution in [0.4, 0.5) is 22.0 Å². The maximum absolute atomic E-state index is 12.9. The molecule has 0 N–H and O–H groups in total. The Balaban J connectivity index is 3.40. The average Bonchev–Trinajstić information content (AvgIpc) is 2.28. The van der Waals surface area contributed by atoms with Gasteiger partial charge in [0.15, 0.2) is 5.75 Å². The van der Waals surface area contributed by atoms with Crippen LogP contribution in [0.15, 0.2) is 6.20 Å². The van der Waals surface area contributed by atoms with Crippen molar-refractivity contribution in [1.29, 1.82) is 5.26 Å². The van der Waals surface area contributed by atoms with E-state index in [9.17, 15) is 22.0 Å². The summed E-state index contributed by atoms with van der Waals surface area (Å²) in [4.78, 5) is 3.48. The first-order valence-electron chi connectivity index (χ1n) is 4.77. The maximum atomic E-state index is 12.9. The van der Waals surface area contributed by atoms with Crippen LogP contribution < -0.4 is 4.74 Å². The molecule has 0 spiro atoms. The van der Waals surface area contributed by atoms with Crippen molar-refractivity contribution in [2.24, 2.45) is 0 Å². The predicted molar refractivity (Wildman–Crippen MR) is 57.8 cm³/mol. The van der Waals surface area contributed by atoms with Crippen LogP contribution >= 0.6 is 15.9 Å². The van der Waals surface area contributed by atoms with E-state index in [1.165, 1.54) is 6.07 Å². The van der Waals surface area contributed by atoms with Crippen LogP contribution in [0.2, 0.25) is 0 Å². The number of halogens is 6. The quantitative estimate of drug-likeness (QED) is 0.615. The van der Waals surface area contributed by atoms with Crippen molar-refractivity contribution in [2.45, 2.75) is 24.5 Å². The number of alkyl halides is 6. The number of pyridine rings is 1. The largest absolute Gasteiger partial charge is 0.573 e. The molecule has 104 valence electrons. The SMILES string of the molecule is N#CCc1c(OC(F)(F)F)cnc(CBr)c1C(F)F. The molecule has 0 aliphatic carbocycles. The second-order valence-electron chi connectivity index (χ2n) is 3.28. The lowest BCUT2D eigenvalue weighted by Gasteiger charge is -2.16. The molecule has 1 rings (SSSR count). The van der Waals surface area contributed by atoms with Crippen molar-refractivity contribution in [3.63, 3.8) is 0 Å². The Kier molecular flexibility index (Phi) is 5.05. The molecule has 0 fully saturated rings. The number of aromatic nitrogens is 1. The van der Waals surface area contributed by atoms with Gasteiger partial charge in [-0.25, -0.2) is 8.78 Å². The van der Waals surface area contributed by atoms with E-state index in [4.69, 9.17) is 5.26 Å². The van der Waals surface area contributed by atoms with Gasteiger partial charge in [0.05, 0.1) is 24.4 Å². The summed E-state index contributed by atoms with van der Waals surface area (Å²) in [6, 6.07) is 1.53. The van der Waals surface area contributed by atoms with E-state index >= 15 is 0 Å². The van der Waals surface area contributed by atoms with Gasteiger partial charge in [0.2, 0.25) is 0 Å². The molecule has 0 amide bonds. The van der Waals surface area contributed by atoms with Gasteiger partial charge in [-0.15, -0.1) is 13.2 Å². The van der Waals surface area contributed by atoms with Crippen molar-refractivity contribution in [2.75, 3.05) is 0 Å². The van der Waals surface area contributed by atoms with Crippen LogP contribution in [-0.4, -0.2) is 11.3 Å². The van der Waals surface area contributed by atoms with Gasteiger partial charge >= 0.3 is 6.36 Å². The van der Waals surface area contributed by atoms with Gasteiger partial charge in [-0.2, -0.15) is 5.26 Å². The summed E-state index contributed by atoms with van der Waals surface area (Å²) in [5, 5.41) is 8.48. The zero-order valence-electron chi connectivity index (χ0n) is 9.14. The molecule has 0 radical (unpaired) electrons. The summed E-state index contributed by atoms with van der Waals surface area (Å²) in [6.45, 7) is 0. The number of nitriles is 1. The summed E-state index contributed by atoms with van der Waals surface area (Å²) in [7, 11) is 0. The topological polar surface area (TPSA) is 45.9 Å². The van der Waals surface area contributed by atoms with Crippen LogP contribution in [0, 0.1) is 11.3 Å². The molecular weight excluding hydrogens is 339 g/mol. The fraction of sp³-hybridized carbons (Fsp3) is 0.400. The van der Waals surface area contributed by atoms with Crippen molar-refractivity contribution < 1.29 is 26.7 Å². The first-order chi connectivity index (χ1) is 8.80. The van der Waals surface area contributed by atoms with Gasteiger partial charge in [0.25, 0.3) is 6.43 Å². The second-order valence-corrected chi connectivity index (χ2v) is 3.84. The van der Waals surface area contributed by atoms with Crippen LogP contribution in [0.1, 0.15) is 23.2 Å². The Morgan fingerprint density at radius 1 is 1.42 bits per heavy atom. The highest BCUT2D eigenvalue weighted by Crippen LogP contribution is 2.35. The molecule has 0 aromatic carbocycles. The van der Waals surface area contributed by atoms with Crippen LogP contribution in [0.25, 0.3) is 0 Å². The van der Waals surface area contributed by atoms with E-state index in [0.717, 1.165) is 0 Å². The molecule has 0 unspecified atom stereocenters. The van der Waals surface area contributed by atoms with E-state index in [1.807, 2.05) is 0 Å². The standard InChI is InChI=1S/C10H6BrF5N2O/c11-3-6-8(9(12)13)5(1-2-17)7(4-18-6)19-10(14,15)16/h4,9H,1,3H2. The van der Waals surface area contributed by atoms with E-state index < -0.39 is 36.1 Å². The molecule has 0 saturated heterocycles. The maximum Gasteiger partial charge on any atom is 0.573 e. The normalized spacial score (nSPS) is 11.5. The number of rotatable bonds is 4. The summed E-state index contributed by atoms with van der Waals surface area (Å²) >= 11 is 2.91. The summed E-state index contributed by atoms with van der Waals surface area (Å²) < 4.78 is 65.9. The molecule has 0 aliphatic rings. The Bertz CT molecular complexity index is 498. The molecule has 0 atom stereocenters. The third-order valence-electron chi connectivity index (χ3n) is 2.10. The minimum atomic E-state index is -5.04. The molecule has 9 heteroatoms. The van der Waals surface area contributed by atoms with Crippen molar-refractivity contribution in [3.8, 4) is 11.8 Å². The molecule has 1 aromatic heterocycles. The monoisotopic (exact) mass is 344 g/mol. The van der Waals surface area contributed by atoms with Crippen LogP contribution in [0.5, 0.6) is 5.75 Å². The van der Waals surface area contributed by atoms with E-state index in [0.29, 0.717) is 6.20 Å². The Morgan fingerprint density at radius 2 is 2.05 bits per heavy atom. The summed E-state index contributed by atoms with van der Waals surface area (Å²) in [5.74, 6) is -0.881. The zero-order valence-corrected chi connectivity index (χ0v) is 10.7. The third-order valence-corrected chi connectivity index (χ3v) is 2.63. The van der Waals surface area contributed by atoms with E-state index in [2.05, 4.69) is 25.7 Å². The lowest BCUT2D eigenvalue weighted by molar-refractivity contribution is -0.275. The van der Waals surface area contributed by atoms with Crippen molar-refractivity contribution in [3.05, 3.63) is 23.0 Å². The highest BCUT2D eigenvalue weighted by molar-refractivity contribution is 9.08. The Hall–Kier alpha value is -1.43. The number of ether oxygens (including phenoxy) is 1. The van der Waals surface area contributed by atoms with Crippen molar-refractivity contribution >= 4 is 15.9 Å². The van der Waals surface area contributed by atoms with Gasteiger partial charge < -0.3 is 4.74 Å². The number of hydrogen-bond donors (Lipinski definition) is 0. The highest BCUT2D eigenvalue weighted by Gasteiger charge is 2.34. The average molecular weight is 345 g/mol. The first-order valence-corrected chi connectivity index (χ1v) is 5.89. The number of hydrogen-bond acceptors (Lipinski definition) is 3. The molecule has 1 heterocycles. The number of nitrogens with zero attached hydrogens (tertiary/aromatic N) is 2. The molecule has 1 aromatic rings. The predicted octanol–water partition coefficient (Wildman–Crippen LogP) is 3.88. The second kappa shape index (κ2) is 6.14. The van der Waals surface area contributed by atoms with E-state index in [-0.39, 0.29) is 11.0 Å². The highest BCUT2D eigenvalue weighted by atomic mass is 79.9. The van der Waals surface area contributed by atoms with Crippen molar-refractivity contribution in [1.82, 2.24) is 4.98 Å². The van der Waals surface area contributed by atoms with Crippen LogP contribution in [-0.2, 0) is 11.8 Å². The van der Waals surface area contributed by atoms with Crippen LogP contribution in [0.3, 0.4) is 0 Å². The lowest BCUT2D eigenvalue weighted by Crippen LogP contribution is -2.19. The third kappa shape index (κ3) is 4.02. The molecule has 3 nitrogen and oxygen atoms in total. The Labute approximate surface area is 113 Å². The van der Waals surface area contributed by atoms with Gasteiger partial charge in [-0.1, -0.05) is 15.9 Å². The van der Waals surface area contributed by atoms with Gasteiger partial charge in [-0.3, -0.25) is 4.98 Å². The molecule has 0 aliphatic heterocycles. The smallest absolute Gasteiger partial charge is 0.404 e. The lowest BCUT2D eigenvalue weighted by atomic mass is 10.0. The van der Waals surface area contributed by atoms with Gasteiger partial charge in [-0.05, 0) is 0 Å².